The highest BCUT2D eigenvalue weighted by Gasteiger charge is 2.29. The highest BCUT2D eigenvalue weighted by atomic mass is 35.5. The zero-order valence-corrected chi connectivity index (χ0v) is 10.2. The van der Waals surface area contributed by atoms with Crippen molar-refractivity contribution in [2.75, 3.05) is 13.1 Å². The van der Waals surface area contributed by atoms with Crippen LogP contribution in [0.2, 0.25) is 5.02 Å². The molecule has 1 saturated heterocycles. The lowest BCUT2D eigenvalue weighted by molar-refractivity contribution is -0.384. The summed E-state index contributed by atoms with van der Waals surface area (Å²) < 4.78 is 0. The molecule has 2 N–H and O–H groups in total. The number of nitrogens with zero attached hydrogens (tertiary/aromatic N) is 2. The van der Waals surface area contributed by atoms with E-state index in [0.29, 0.717) is 19.6 Å². The minimum absolute atomic E-state index is 0.102. The zero-order chi connectivity index (χ0) is 13.3. The molecule has 0 bridgehead atoms. The topological polar surface area (TPSA) is 86.8 Å². The van der Waals surface area contributed by atoms with Gasteiger partial charge in [-0.05, 0) is 11.6 Å². The Morgan fingerprint density at radius 1 is 1.39 bits per heavy atom. The summed E-state index contributed by atoms with van der Waals surface area (Å²) in [6.07, 6.45) is -1.51. The lowest BCUT2D eigenvalue weighted by atomic mass is 10.2. The smallest absolute Gasteiger partial charge is 0.288 e. The van der Waals surface area contributed by atoms with E-state index < -0.39 is 17.1 Å². The summed E-state index contributed by atoms with van der Waals surface area (Å²) in [6.45, 7) is 1.15. The zero-order valence-electron chi connectivity index (χ0n) is 9.49. The number of hydrogen-bond donors (Lipinski definition) is 2. The molecule has 2 rings (SSSR count). The van der Waals surface area contributed by atoms with E-state index >= 15 is 0 Å². The maximum Gasteiger partial charge on any atom is 0.288 e. The van der Waals surface area contributed by atoms with Crippen LogP contribution in [0, 0.1) is 10.1 Å². The van der Waals surface area contributed by atoms with E-state index in [9.17, 15) is 20.3 Å². The van der Waals surface area contributed by atoms with Crippen molar-refractivity contribution in [2.24, 2.45) is 0 Å². The van der Waals surface area contributed by atoms with E-state index in [4.69, 9.17) is 11.6 Å². The fourth-order valence-electron chi connectivity index (χ4n) is 2.03. The third kappa shape index (κ3) is 2.78. The van der Waals surface area contributed by atoms with Gasteiger partial charge >= 0.3 is 0 Å². The normalized spacial score (nSPS) is 24.4. The van der Waals surface area contributed by atoms with Gasteiger partial charge in [-0.2, -0.15) is 0 Å². The van der Waals surface area contributed by atoms with E-state index in [-0.39, 0.29) is 10.7 Å². The Balaban J connectivity index is 2.11. The third-order valence-corrected chi connectivity index (χ3v) is 3.27. The minimum atomic E-state index is -0.757. The van der Waals surface area contributed by atoms with Crippen molar-refractivity contribution in [3.8, 4) is 0 Å². The number of nitro benzene ring substituents is 1. The number of benzene rings is 1. The average Bonchev–Trinajstić information content (AvgIpc) is 2.60. The molecule has 1 aromatic carbocycles. The van der Waals surface area contributed by atoms with Gasteiger partial charge in [-0.15, -0.1) is 0 Å². The first kappa shape index (κ1) is 13.2. The summed E-state index contributed by atoms with van der Waals surface area (Å²) in [5.74, 6) is 0. The highest BCUT2D eigenvalue weighted by Crippen LogP contribution is 2.26. The number of aliphatic hydroxyl groups excluding tert-OH is 2. The lowest BCUT2D eigenvalue weighted by Gasteiger charge is -2.14. The van der Waals surface area contributed by atoms with Crippen molar-refractivity contribution in [3.05, 3.63) is 38.9 Å². The molecular weight excluding hydrogens is 260 g/mol. The number of likely N-dealkylation sites (tertiary alicyclic amines) is 1. The van der Waals surface area contributed by atoms with Crippen LogP contribution in [0.4, 0.5) is 5.69 Å². The second-order valence-electron chi connectivity index (χ2n) is 4.37. The molecule has 0 saturated carbocycles. The molecule has 1 heterocycles. The molecule has 7 heteroatoms. The van der Waals surface area contributed by atoms with E-state index in [1.165, 1.54) is 12.1 Å². The summed E-state index contributed by atoms with van der Waals surface area (Å²) in [5, 5.41) is 29.7. The Labute approximate surface area is 109 Å². The van der Waals surface area contributed by atoms with Gasteiger partial charge in [-0.1, -0.05) is 17.7 Å². The molecule has 0 spiro atoms. The van der Waals surface area contributed by atoms with E-state index in [1.54, 1.807) is 6.07 Å². The van der Waals surface area contributed by atoms with Crippen LogP contribution in [-0.2, 0) is 6.54 Å². The Hall–Kier alpha value is -1.21. The lowest BCUT2D eigenvalue weighted by Crippen LogP contribution is -2.22. The van der Waals surface area contributed by atoms with Crippen molar-refractivity contribution < 1.29 is 15.1 Å². The predicted octanol–water partition coefficient (Wildman–Crippen LogP) is 0.786. The van der Waals surface area contributed by atoms with Gasteiger partial charge in [0.1, 0.15) is 5.02 Å². The summed E-state index contributed by atoms with van der Waals surface area (Å²) in [7, 11) is 0. The Kier molecular flexibility index (Phi) is 3.82. The van der Waals surface area contributed by atoms with Gasteiger partial charge in [-0.25, -0.2) is 0 Å². The predicted molar refractivity (Wildman–Crippen MR) is 65.4 cm³/mol. The molecule has 0 aromatic heterocycles. The van der Waals surface area contributed by atoms with Crippen LogP contribution in [0.15, 0.2) is 18.2 Å². The Bertz CT molecular complexity index is 458. The highest BCUT2D eigenvalue weighted by molar-refractivity contribution is 6.32. The number of hydrogen-bond acceptors (Lipinski definition) is 5. The van der Waals surface area contributed by atoms with Crippen LogP contribution in [0.1, 0.15) is 5.56 Å². The SMILES string of the molecule is O=[N+]([O-])c1cc(CN2CC(O)C(O)C2)ccc1Cl. The summed E-state index contributed by atoms with van der Waals surface area (Å²) in [5.41, 5.74) is 0.599. The molecule has 0 aliphatic carbocycles. The van der Waals surface area contributed by atoms with Gasteiger partial charge in [0.05, 0.1) is 17.1 Å². The minimum Gasteiger partial charge on any atom is -0.389 e. The molecule has 1 aliphatic heterocycles. The molecule has 1 fully saturated rings. The van der Waals surface area contributed by atoms with Gasteiger partial charge in [0, 0.05) is 25.7 Å². The van der Waals surface area contributed by atoms with Crippen molar-refractivity contribution >= 4 is 17.3 Å². The van der Waals surface area contributed by atoms with Crippen molar-refractivity contribution in [1.29, 1.82) is 0 Å². The number of halogens is 1. The monoisotopic (exact) mass is 272 g/mol. The van der Waals surface area contributed by atoms with Gasteiger partial charge in [-0.3, -0.25) is 15.0 Å². The number of nitro groups is 1. The molecule has 6 nitrogen and oxygen atoms in total. The molecule has 1 aliphatic rings. The van der Waals surface area contributed by atoms with Crippen molar-refractivity contribution in [3.63, 3.8) is 0 Å². The number of aliphatic hydroxyl groups is 2. The standard InChI is InChI=1S/C11H13ClN2O4/c12-8-2-1-7(3-9(8)14(17)18)4-13-5-10(15)11(16)6-13/h1-3,10-11,15-16H,4-6H2. The van der Waals surface area contributed by atoms with Gasteiger partial charge in [0.2, 0.25) is 0 Å². The summed E-state index contributed by atoms with van der Waals surface area (Å²) in [6, 6.07) is 4.60. The Morgan fingerprint density at radius 2 is 2.00 bits per heavy atom. The third-order valence-electron chi connectivity index (χ3n) is 2.95. The molecule has 2 unspecified atom stereocenters. The van der Waals surface area contributed by atoms with Crippen LogP contribution in [0.5, 0.6) is 0 Å². The summed E-state index contributed by atoms with van der Waals surface area (Å²) in [4.78, 5) is 12.1. The molecule has 0 radical (unpaired) electrons. The maximum absolute atomic E-state index is 10.7. The van der Waals surface area contributed by atoms with E-state index in [2.05, 4.69) is 0 Å². The second-order valence-corrected chi connectivity index (χ2v) is 4.78. The second kappa shape index (κ2) is 5.19. The molecule has 0 amide bonds. The molecule has 2 atom stereocenters. The first-order valence-electron chi connectivity index (χ1n) is 5.48. The number of rotatable bonds is 3. The van der Waals surface area contributed by atoms with Gasteiger partial charge in [0.15, 0.2) is 0 Å². The first-order chi connectivity index (χ1) is 8.47. The maximum atomic E-state index is 10.7. The van der Waals surface area contributed by atoms with Gasteiger partial charge in [0.25, 0.3) is 5.69 Å². The van der Waals surface area contributed by atoms with Crippen LogP contribution in [0.3, 0.4) is 0 Å². The molecular formula is C11H13ClN2O4. The van der Waals surface area contributed by atoms with Crippen molar-refractivity contribution in [2.45, 2.75) is 18.8 Å². The average molecular weight is 273 g/mol. The van der Waals surface area contributed by atoms with Crippen LogP contribution in [-0.4, -0.2) is 45.3 Å². The first-order valence-corrected chi connectivity index (χ1v) is 5.86. The summed E-state index contributed by atoms with van der Waals surface area (Å²) >= 11 is 5.72. The van der Waals surface area contributed by atoms with Crippen LogP contribution in [0.25, 0.3) is 0 Å². The largest absolute Gasteiger partial charge is 0.389 e. The molecule has 1 aromatic rings. The molecule has 98 valence electrons. The number of β-amino-alcohol motifs (C(OH)–C–C–N with tert-alkyl or cyclic N) is 2. The van der Waals surface area contributed by atoms with Crippen molar-refractivity contribution in [1.82, 2.24) is 4.90 Å². The molecule has 18 heavy (non-hydrogen) atoms. The fraction of sp³-hybridized carbons (Fsp3) is 0.455. The van der Waals surface area contributed by atoms with E-state index in [0.717, 1.165) is 5.56 Å². The Morgan fingerprint density at radius 3 is 2.56 bits per heavy atom. The quantitative estimate of drug-likeness (QED) is 0.627. The van der Waals surface area contributed by atoms with E-state index in [1.807, 2.05) is 4.90 Å². The van der Waals surface area contributed by atoms with Crippen LogP contribution < -0.4 is 0 Å². The fourth-order valence-corrected chi connectivity index (χ4v) is 2.22. The van der Waals surface area contributed by atoms with Crippen LogP contribution >= 0.6 is 11.6 Å². The van der Waals surface area contributed by atoms with Gasteiger partial charge < -0.3 is 10.2 Å².